The van der Waals surface area contributed by atoms with Crippen LogP contribution < -0.4 is 11.1 Å². The summed E-state index contributed by atoms with van der Waals surface area (Å²) in [5.41, 5.74) is 5.75. The van der Waals surface area contributed by atoms with Crippen molar-refractivity contribution in [1.29, 1.82) is 0 Å². The van der Waals surface area contributed by atoms with Crippen molar-refractivity contribution in [3.8, 4) is 0 Å². The van der Waals surface area contributed by atoms with Crippen molar-refractivity contribution in [3.63, 3.8) is 0 Å². The summed E-state index contributed by atoms with van der Waals surface area (Å²) in [5, 5.41) is 3.18. The van der Waals surface area contributed by atoms with E-state index >= 15 is 0 Å². The quantitative estimate of drug-likeness (QED) is 0.747. The highest BCUT2D eigenvalue weighted by Crippen LogP contribution is 2.54. The van der Waals surface area contributed by atoms with Crippen molar-refractivity contribution in [2.45, 2.75) is 63.7 Å². The van der Waals surface area contributed by atoms with Gasteiger partial charge in [-0.2, -0.15) is 0 Å². The highest BCUT2D eigenvalue weighted by Gasteiger charge is 2.57. The molecule has 124 valence electrons. The van der Waals surface area contributed by atoms with E-state index in [1.807, 2.05) is 6.92 Å². The Hall–Kier alpha value is -0.360. The molecule has 2 saturated carbocycles. The van der Waals surface area contributed by atoms with Crippen LogP contribution in [0.3, 0.4) is 0 Å². The van der Waals surface area contributed by atoms with E-state index in [1.165, 1.54) is 25.7 Å². The zero-order chi connectivity index (χ0) is 14.6. The van der Waals surface area contributed by atoms with Crippen LogP contribution in [-0.2, 0) is 14.3 Å². The fraction of sp³-hybridized carbons (Fsp3) is 0.933. The maximum Gasteiger partial charge on any atom is 0.222 e. The summed E-state index contributed by atoms with van der Waals surface area (Å²) in [4.78, 5) is 12.1. The predicted octanol–water partition coefficient (Wildman–Crippen LogP) is 1.63. The van der Waals surface area contributed by atoms with Gasteiger partial charge in [0, 0.05) is 31.7 Å². The third kappa shape index (κ3) is 3.89. The normalized spacial score (nSPS) is 27.8. The minimum atomic E-state index is -0.183. The largest absolute Gasteiger partial charge is 0.380 e. The number of rotatable bonds is 7. The van der Waals surface area contributed by atoms with Gasteiger partial charge in [-0.05, 0) is 26.2 Å². The van der Waals surface area contributed by atoms with Crippen molar-refractivity contribution in [1.82, 2.24) is 5.32 Å². The number of carbonyl (C=O) groups excluding carboxylic acids is 1. The number of halogens is 1. The fourth-order valence-electron chi connectivity index (χ4n) is 3.81. The Balaban J connectivity index is 0.00000220. The second kappa shape index (κ2) is 8.32. The Kier molecular flexibility index (Phi) is 7.40. The summed E-state index contributed by atoms with van der Waals surface area (Å²) in [6.45, 7) is 3.17. The molecule has 0 aromatic heterocycles. The molecule has 0 aromatic rings. The standard InChI is InChI=1S/C15H28N2O3.ClH/c1-3-20-13-9-12(15(13)6-4-5-7-15)17-14(18)8-11(10-16)19-2;/h11-13H,3-10,16H2,1-2H3,(H,17,18);1H. The molecule has 0 aromatic carbocycles. The lowest BCUT2D eigenvalue weighted by Crippen LogP contribution is -2.63. The van der Waals surface area contributed by atoms with Gasteiger partial charge >= 0.3 is 0 Å². The number of nitrogens with one attached hydrogen (secondary N) is 1. The van der Waals surface area contributed by atoms with Crippen molar-refractivity contribution in [2.24, 2.45) is 11.1 Å². The van der Waals surface area contributed by atoms with Gasteiger partial charge in [0.05, 0.1) is 18.6 Å². The molecule has 2 aliphatic carbocycles. The summed E-state index contributed by atoms with van der Waals surface area (Å²) >= 11 is 0. The molecule has 1 spiro atoms. The summed E-state index contributed by atoms with van der Waals surface area (Å²) < 4.78 is 11.0. The molecular weight excluding hydrogens is 292 g/mol. The highest BCUT2D eigenvalue weighted by atomic mass is 35.5. The average molecular weight is 321 g/mol. The first-order valence-corrected chi connectivity index (χ1v) is 7.80. The van der Waals surface area contributed by atoms with Crippen LogP contribution in [-0.4, -0.2) is 44.4 Å². The Bertz CT molecular complexity index is 331. The van der Waals surface area contributed by atoms with E-state index in [-0.39, 0.29) is 35.9 Å². The molecule has 2 aliphatic rings. The summed E-state index contributed by atoms with van der Waals surface area (Å²) in [6, 6.07) is 0.268. The SMILES string of the molecule is CCOC1CC(NC(=O)CC(CN)OC)C12CCCC2.Cl. The topological polar surface area (TPSA) is 73.6 Å². The van der Waals surface area contributed by atoms with Gasteiger partial charge in [-0.3, -0.25) is 4.79 Å². The monoisotopic (exact) mass is 320 g/mol. The fourth-order valence-corrected chi connectivity index (χ4v) is 3.81. The Morgan fingerprint density at radius 1 is 1.43 bits per heavy atom. The molecule has 0 radical (unpaired) electrons. The summed E-state index contributed by atoms with van der Waals surface area (Å²) in [5.74, 6) is 0.0496. The lowest BCUT2D eigenvalue weighted by molar-refractivity contribution is -0.145. The Labute approximate surface area is 133 Å². The van der Waals surface area contributed by atoms with Gasteiger partial charge in [-0.25, -0.2) is 0 Å². The lowest BCUT2D eigenvalue weighted by Gasteiger charge is -2.54. The number of carbonyl (C=O) groups is 1. The molecule has 5 nitrogen and oxygen atoms in total. The molecule has 3 unspecified atom stereocenters. The van der Waals surface area contributed by atoms with Crippen molar-refractivity contribution in [3.05, 3.63) is 0 Å². The molecule has 0 bridgehead atoms. The van der Waals surface area contributed by atoms with Crippen LogP contribution in [0, 0.1) is 5.41 Å². The zero-order valence-corrected chi connectivity index (χ0v) is 13.9. The van der Waals surface area contributed by atoms with Gasteiger partial charge in [-0.15, -0.1) is 12.4 Å². The third-order valence-electron chi connectivity index (χ3n) is 5.03. The highest BCUT2D eigenvalue weighted by molar-refractivity contribution is 5.85. The molecule has 3 atom stereocenters. The van der Waals surface area contributed by atoms with E-state index in [9.17, 15) is 4.79 Å². The summed E-state index contributed by atoms with van der Waals surface area (Å²) in [6.07, 6.45) is 6.28. The number of amides is 1. The van der Waals surface area contributed by atoms with Gasteiger partial charge in [0.25, 0.3) is 0 Å². The van der Waals surface area contributed by atoms with Gasteiger partial charge in [0.1, 0.15) is 0 Å². The minimum Gasteiger partial charge on any atom is -0.380 e. The van der Waals surface area contributed by atoms with E-state index in [0.717, 1.165) is 13.0 Å². The molecule has 0 saturated heterocycles. The predicted molar refractivity (Wildman–Crippen MR) is 84.6 cm³/mol. The first-order chi connectivity index (χ1) is 9.66. The molecule has 0 aliphatic heterocycles. The first kappa shape index (κ1) is 18.7. The average Bonchev–Trinajstić information content (AvgIpc) is 2.96. The van der Waals surface area contributed by atoms with E-state index in [1.54, 1.807) is 7.11 Å². The number of nitrogens with two attached hydrogens (primary N) is 1. The van der Waals surface area contributed by atoms with Crippen molar-refractivity contribution >= 4 is 18.3 Å². The molecule has 21 heavy (non-hydrogen) atoms. The third-order valence-corrected chi connectivity index (χ3v) is 5.03. The zero-order valence-electron chi connectivity index (χ0n) is 13.1. The van der Waals surface area contributed by atoms with Crippen LogP contribution in [0.1, 0.15) is 45.4 Å². The second-order valence-electron chi connectivity index (χ2n) is 6.04. The first-order valence-electron chi connectivity index (χ1n) is 7.80. The van der Waals surface area contributed by atoms with E-state index in [2.05, 4.69) is 5.32 Å². The molecule has 2 fully saturated rings. The van der Waals surface area contributed by atoms with Crippen LogP contribution in [0.2, 0.25) is 0 Å². The van der Waals surface area contributed by atoms with Crippen molar-refractivity contribution < 1.29 is 14.3 Å². The maximum absolute atomic E-state index is 12.1. The molecule has 6 heteroatoms. The Morgan fingerprint density at radius 3 is 2.62 bits per heavy atom. The molecular formula is C15H29ClN2O3. The van der Waals surface area contributed by atoms with Gasteiger partial charge in [0.15, 0.2) is 0 Å². The van der Waals surface area contributed by atoms with E-state index in [0.29, 0.717) is 19.1 Å². The number of methoxy groups -OCH3 is 1. The Morgan fingerprint density at radius 2 is 2.10 bits per heavy atom. The molecule has 0 heterocycles. The maximum atomic E-state index is 12.1. The molecule has 2 rings (SSSR count). The number of hydrogen-bond donors (Lipinski definition) is 2. The van der Waals surface area contributed by atoms with Crippen LogP contribution in [0.5, 0.6) is 0 Å². The summed E-state index contributed by atoms with van der Waals surface area (Å²) in [7, 11) is 1.59. The van der Waals surface area contributed by atoms with Gasteiger partial charge < -0.3 is 20.5 Å². The van der Waals surface area contributed by atoms with E-state index < -0.39 is 0 Å². The smallest absolute Gasteiger partial charge is 0.222 e. The number of hydrogen-bond acceptors (Lipinski definition) is 4. The molecule has 3 N–H and O–H groups in total. The second-order valence-corrected chi connectivity index (χ2v) is 6.04. The van der Waals surface area contributed by atoms with Crippen LogP contribution >= 0.6 is 12.4 Å². The van der Waals surface area contributed by atoms with Crippen LogP contribution in [0.15, 0.2) is 0 Å². The van der Waals surface area contributed by atoms with Crippen LogP contribution in [0.4, 0.5) is 0 Å². The van der Waals surface area contributed by atoms with Gasteiger partial charge in [-0.1, -0.05) is 12.8 Å². The van der Waals surface area contributed by atoms with Crippen molar-refractivity contribution in [2.75, 3.05) is 20.3 Å². The van der Waals surface area contributed by atoms with E-state index in [4.69, 9.17) is 15.2 Å². The lowest BCUT2D eigenvalue weighted by atomic mass is 9.60. The van der Waals surface area contributed by atoms with Gasteiger partial charge in [0.2, 0.25) is 5.91 Å². The number of ether oxygens (including phenoxy) is 2. The van der Waals surface area contributed by atoms with Crippen LogP contribution in [0.25, 0.3) is 0 Å². The minimum absolute atomic E-state index is 0. The molecule has 1 amide bonds.